The van der Waals surface area contributed by atoms with Crippen LogP contribution >= 0.6 is 11.3 Å². The molecule has 0 saturated carbocycles. The van der Waals surface area contributed by atoms with E-state index in [4.69, 9.17) is 4.74 Å². The first-order chi connectivity index (χ1) is 10.6. The third-order valence-corrected chi connectivity index (χ3v) is 4.32. The van der Waals surface area contributed by atoms with Gasteiger partial charge in [-0.25, -0.2) is 9.18 Å². The predicted octanol–water partition coefficient (Wildman–Crippen LogP) is 2.96. The van der Waals surface area contributed by atoms with Crippen LogP contribution in [0.15, 0.2) is 53.3 Å². The lowest BCUT2D eigenvalue weighted by atomic mass is 10.1. The Morgan fingerprint density at radius 2 is 1.86 bits per heavy atom. The Bertz CT molecular complexity index is 882. The van der Waals surface area contributed by atoms with E-state index >= 15 is 0 Å². The molecule has 3 rings (SSSR count). The maximum Gasteiger partial charge on any atom is 0.333 e. The number of nitrogens with zero attached hydrogens (tertiary/aromatic N) is 1. The normalized spacial score (nSPS) is 12.3. The van der Waals surface area contributed by atoms with Crippen molar-refractivity contribution in [2.45, 2.75) is 6.04 Å². The van der Waals surface area contributed by atoms with Crippen LogP contribution in [0.5, 0.6) is 0 Å². The number of hydrogen-bond acceptors (Lipinski definition) is 4. The molecule has 0 amide bonds. The SMILES string of the molecule is COC(=O)C(c1ccc(F)cc1)n1c(=O)sc2ccccc21. The molecule has 0 aliphatic heterocycles. The van der Waals surface area contributed by atoms with Gasteiger partial charge < -0.3 is 4.74 Å². The number of methoxy groups -OCH3 is 1. The number of aromatic nitrogens is 1. The molecule has 2 aromatic carbocycles. The number of para-hydroxylation sites is 1. The van der Waals surface area contributed by atoms with Crippen molar-refractivity contribution in [3.05, 3.63) is 69.6 Å². The Balaban J connectivity index is 2.25. The molecule has 6 heteroatoms. The van der Waals surface area contributed by atoms with E-state index in [0.717, 1.165) is 16.0 Å². The van der Waals surface area contributed by atoms with Crippen molar-refractivity contribution in [1.29, 1.82) is 0 Å². The van der Waals surface area contributed by atoms with Gasteiger partial charge in [-0.05, 0) is 29.8 Å². The number of hydrogen-bond donors (Lipinski definition) is 0. The minimum Gasteiger partial charge on any atom is -0.467 e. The fourth-order valence-electron chi connectivity index (χ4n) is 2.38. The molecule has 0 aliphatic rings. The molecule has 0 N–H and O–H groups in total. The summed E-state index contributed by atoms with van der Waals surface area (Å²) in [6.07, 6.45) is 0. The molecule has 1 heterocycles. The number of carbonyl (C=O) groups excluding carboxylic acids is 1. The minimum atomic E-state index is -0.936. The average molecular weight is 317 g/mol. The Labute approximate surface area is 129 Å². The summed E-state index contributed by atoms with van der Waals surface area (Å²) >= 11 is 1.06. The van der Waals surface area contributed by atoms with Crippen LogP contribution < -0.4 is 4.87 Å². The van der Waals surface area contributed by atoms with E-state index in [-0.39, 0.29) is 4.87 Å². The zero-order valence-electron chi connectivity index (χ0n) is 11.7. The summed E-state index contributed by atoms with van der Waals surface area (Å²) in [6, 6.07) is 11.7. The highest BCUT2D eigenvalue weighted by atomic mass is 32.1. The summed E-state index contributed by atoms with van der Waals surface area (Å²) in [5.74, 6) is -0.979. The van der Waals surface area contributed by atoms with E-state index in [1.54, 1.807) is 12.1 Å². The number of rotatable bonds is 3. The molecule has 1 atom stereocenters. The highest BCUT2D eigenvalue weighted by Gasteiger charge is 2.27. The fourth-order valence-corrected chi connectivity index (χ4v) is 3.28. The highest BCUT2D eigenvalue weighted by molar-refractivity contribution is 7.16. The second kappa shape index (κ2) is 5.73. The van der Waals surface area contributed by atoms with Crippen LogP contribution in [0.3, 0.4) is 0 Å². The van der Waals surface area contributed by atoms with E-state index in [1.165, 1.54) is 35.9 Å². The smallest absolute Gasteiger partial charge is 0.333 e. The van der Waals surface area contributed by atoms with Crippen molar-refractivity contribution in [3.63, 3.8) is 0 Å². The average Bonchev–Trinajstić information content (AvgIpc) is 2.85. The Morgan fingerprint density at radius 1 is 1.18 bits per heavy atom. The molecule has 4 nitrogen and oxygen atoms in total. The van der Waals surface area contributed by atoms with Crippen molar-refractivity contribution in [2.24, 2.45) is 0 Å². The summed E-state index contributed by atoms with van der Waals surface area (Å²) in [7, 11) is 1.26. The third-order valence-electron chi connectivity index (χ3n) is 3.39. The van der Waals surface area contributed by atoms with E-state index in [0.29, 0.717) is 11.1 Å². The van der Waals surface area contributed by atoms with Crippen LogP contribution in [-0.2, 0) is 9.53 Å². The fraction of sp³-hybridized carbons (Fsp3) is 0.125. The first-order valence-electron chi connectivity index (χ1n) is 6.55. The molecule has 0 spiro atoms. The van der Waals surface area contributed by atoms with E-state index in [9.17, 15) is 14.0 Å². The number of ether oxygens (including phenoxy) is 1. The van der Waals surface area contributed by atoms with Gasteiger partial charge in [0, 0.05) is 0 Å². The van der Waals surface area contributed by atoms with Gasteiger partial charge in [0.05, 0.1) is 17.3 Å². The first kappa shape index (κ1) is 14.5. The molecule has 0 bridgehead atoms. The van der Waals surface area contributed by atoms with E-state index in [1.807, 2.05) is 12.1 Å². The van der Waals surface area contributed by atoms with Crippen LogP contribution in [0.2, 0.25) is 0 Å². The van der Waals surface area contributed by atoms with Gasteiger partial charge in [-0.2, -0.15) is 0 Å². The topological polar surface area (TPSA) is 48.3 Å². The van der Waals surface area contributed by atoms with E-state index < -0.39 is 17.8 Å². The molecule has 0 aliphatic carbocycles. The first-order valence-corrected chi connectivity index (χ1v) is 7.37. The maximum absolute atomic E-state index is 13.1. The minimum absolute atomic E-state index is 0.263. The summed E-state index contributed by atoms with van der Waals surface area (Å²) in [5.41, 5.74) is 1.15. The van der Waals surface area contributed by atoms with Gasteiger partial charge in [0.15, 0.2) is 6.04 Å². The lowest BCUT2D eigenvalue weighted by Crippen LogP contribution is -2.28. The molecule has 0 saturated heterocycles. The molecule has 3 aromatic rings. The lowest BCUT2D eigenvalue weighted by molar-refractivity contribution is -0.143. The van der Waals surface area contributed by atoms with E-state index in [2.05, 4.69) is 0 Å². The summed E-state index contributed by atoms with van der Waals surface area (Å²) in [6.45, 7) is 0. The molecular formula is C16H12FNO3S. The molecule has 112 valence electrons. The van der Waals surface area contributed by atoms with Crippen molar-refractivity contribution in [1.82, 2.24) is 4.57 Å². The Hall–Kier alpha value is -2.47. The van der Waals surface area contributed by atoms with Crippen LogP contribution in [0.4, 0.5) is 4.39 Å². The number of halogens is 1. The van der Waals surface area contributed by atoms with Gasteiger partial charge in [0.25, 0.3) is 0 Å². The van der Waals surface area contributed by atoms with Gasteiger partial charge in [-0.3, -0.25) is 9.36 Å². The summed E-state index contributed by atoms with van der Waals surface area (Å²) < 4.78 is 20.1. The molecule has 0 radical (unpaired) electrons. The van der Waals surface area contributed by atoms with Crippen molar-refractivity contribution < 1.29 is 13.9 Å². The zero-order chi connectivity index (χ0) is 15.7. The van der Waals surface area contributed by atoms with Gasteiger partial charge in [-0.1, -0.05) is 35.6 Å². The van der Waals surface area contributed by atoms with Crippen molar-refractivity contribution >= 4 is 27.5 Å². The molecule has 22 heavy (non-hydrogen) atoms. The van der Waals surface area contributed by atoms with Crippen LogP contribution in [0, 0.1) is 5.82 Å². The Morgan fingerprint density at radius 3 is 2.55 bits per heavy atom. The van der Waals surface area contributed by atoms with Gasteiger partial charge in [0.2, 0.25) is 0 Å². The third kappa shape index (κ3) is 2.42. The molecule has 1 unspecified atom stereocenters. The highest BCUT2D eigenvalue weighted by Crippen LogP contribution is 2.26. The van der Waals surface area contributed by atoms with Crippen LogP contribution in [0.1, 0.15) is 11.6 Å². The van der Waals surface area contributed by atoms with Gasteiger partial charge in [-0.15, -0.1) is 0 Å². The second-order valence-electron chi connectivity index (χ2n) is 4.68. The monoisotopic (exact) mass is 317 g/mol. The second-order valence-corrected chi connectivity index (χ2v) is 5.68. The van der Waals surface area contributed by atoms with Gasteiger partial charge in [0.1, 0.15) is 5.82 Å². The predicted molar refractivity (Wildman–Crippen MR) is 82.6 cm³/mol. The molecule has 0 fully saturated rings. The molecular weight excluding hydrogens is 305 g/mol. The standard InChI is InChI=1S/C16H12FNO3S/c1-21-15(19)14(10-6-8-11(17)9-7-10)18-12-4-2-3-5-13(12)22-16(18)20/h2-9,14H,1H3. The van der Waals surface area contributed by atoms with Crippen molar-refractivity contribution in [3.8, 4) is 0 Å². The lowest BCUT2D eigenvalue weighted by Gasteiger charge is -2.17. The van der Waals surface area contributed by atoms with Crippen LogP contribution in [-0.4, -0.2) is 17.6 Å². The Kier molecular flexibility index (Phi) is 3.77. The largest absolute Gasteiger partial charge is 0.467 e. The number of benzene rings is 2. The van der Waals surface area contributed by atoms with Crippen molar-refractivity contribution in [2.75, 3.05) is 7.11 Å². The molecule has 1 aromatic heterocycles. The number of thiazole rings is 1. The van der Waals surface area contributed by atoms with Gasteiger partial charge >= 0.3 is 10.8 Å². The zero-order valence-corrected chi connectivity index (χ0v) is 12.5. The number of fused-ring (bicyclic) bond motifs is 1. The number of esters is 1. The maximum atomic E-state index is 13.1. The van der Waals surface area contributed by atoms with Crippen LogP contribution in [0.25, 0.3) is 10.2 Å². The summed E-state index contributed by atoms with van der Waals surface area (Å²) in [5, 5.41) is 0. The quantitative estimate of drug-likeness (QED) is 0.698. The number of carbonyl (C=O) groups is 1. The summed E-state index contributed by atoms with van der Waals surface area (Å²) in [4.78, 5) is 24.3.